The monoisotopic (exact) mass is 773 g/mol. The Labute approximate surface area is 327 Å². The molecule has 2 aliphatic carbocycles. The number of nitrogens with zero attached hydrogens (tertiary/aromatic N) is 2. The number of esters is 1. The number of nitrogens with one attached hydrogen (secondary N) is 3. The summed E-state index contributed by atoms with van der Waals surface area (Å²) in [5, 5.41) is 18.8. The van der Waals surface area contributed by atoms with Gasteiger partial charge in [-0.05, 0) is 93.4 Å². The molecule has 5 amide bonds. The van der Waals surface area contributed by atoms with Crippen molar-refractivity contribution in [3.63, 3.8) is 0 Å². The molecule has 14 heteroatoms. The van der Waals surface area contributed by atoms with Crippen molar-refractivity contribution in [2.24, 2.45) is 23.7 Å². The highest BCUT2D eigenvalue weighted by Crippen LogP contribution is 2.45. The number of likely N-dealkylation sites (tertiary alicyclic amines) is 1. The highest BCUT2D eigenvalue weighted by molar-refractivity contribution is 6.25. The lowest BCUT2D eigenvalue weighted by atomic mass is 9.65. The molecule has 3 saturated heterocycles. The zero-order valence-electron chi connectivity index (χ0n) is 32.4. The number of carbonyl (C=O) groups excluding carboxylic acids is 6. The fourth-order valence-corrected chi connectivity index (χ4v) is 9.62. The predicted molar refractivity (Wildman–Crippen MR) is 205 cm³/mol. The average Bonchev–Trinajstić information content (AvgIpc) is 3.40. The number of anilines is 1. The van der Waals surface area contributed by atoms with E-state index < -0.39 is 41.9 Å². The van der Waals surface area contributed by atoms with Crippen LogP contribution in [0.4, 0.5) is 10.5 Å². The molecule has 0 spiro atoms. The van der Waals surface area contributed by atoms with Crippen LogP contribution in [0.15, 0.2) is 42.0 Å². The van der Waals surface area contributed by atoms with Crippen molar-refractivity contribution in [3.8, 4) is 0 Å². The van der Waals surface area contributed by atoms with Crippen molar-refractivity contribution >= 4 is 41.4 Å². The number of hydrogen-bond acceptors (Lipinski definition) is 11. The third-order valence-electron chi connectivity index (χ3n) is 12.5. The van der Waals surface area contributed by atoms with Gasteiger partial charge >= 0.3 is 12.1 Å². The van der Waals surface area contributed by atoms with Crippen LogP contribution in [0.2, 0.25) is 0 Å². The molecule has 4 heterocycles. The van der Waals surface area contributed by atoms with Crippen LogP contribution in [-0.4, -0.2) is 107 Å². The predicted octanol–water partition coefficient (Wildman–Crippen LogP) is 4.09. The molecule has 1 aromatic rings. The van der Waals surface area contributed by atoms with Crippen LogP contribution in [0, 0.1) is 23.7 Å². The van der Waals surface area contributed by atoms with E-state index in [2.05, 4.69) is 52.9 Å². The summed E-state index contributed by atoms with van der Waals surface area (Å²) < 4.78 is 11.7. The Bertz CT molecular complexity index is 1770. The summed E-state index contributed by atoms with van der Waals surface area (Å²) in [7, 11) is 0. The second-order valence-electron chi connectivity index (χ2n) is 16.6. The van der Waals surface area contributed by atoms with E-state index in [1.807, 2.05) is 0 Å². The number of fused-ring (bicyclic) bond motifs is 2. The molecule has 0 radical (unpaired) electrons. The summed E-state index contributed by atoms with van der Waals surface area (Å²) in [5.41, 5.74) is 2.33. The van der Waals surface area contributed by atoms with Crippen LogP contribution in [0.5, 0.6) is 0 Å². The number of carbonyl (C=O) groups is 6. The minimum Gasteiger partial charge on any atom is -0.462 e. The largest absolute Gasteiger partial charge is 0.462 e. The van der Waals surface area contributed by atoms with Crippen LogP contribution >= 0.6 is 0 Å². The highest BCUT2D eigenvalue weighted by atomic mass is 16.6. The van der Waals surface area contributed by atoms with Gasteiger partial charge in [-0.3, -0.25) is 34.2 Å². The van der Waals surface area contributed by atoms with E-state index in [-0.39, 0.29) is 78.3 Å². The first-order valence-corrected chi connectivity index (χ1v) is 20.5. The van der Waals surface area contributed by atoms with E-state index in [1.54, 1.807) is 18.2 Å². The smallest absolute Gasteiger partial charge is 0.407 e. The first kappa shape index (κ1) is 39.7. The van der Waals surface area contributed by atoms with Gasteiger partial charge in [0.15, 0.2) is 0 Å². The van der Waals surface area contributed by atoms with Gasteiger partial charge in [0.1, 0.15) is 18.2 Å². The van der Waals surface area contributed by atoms with Crippen LogP contribution in [-0.2, 0) is 23.9 Å². The molecule has 3 fully saturated rings. The molecule has 6 aliphatic rings. The Morgan fingerprint density at radius 2 is 1.82 bits per heavy atom. The molecule has 7 rings (SSSR count). The number of unbranched alkanes of at least 4 members (excludes halogenated alkanes) is 1. The summed E-state index contributed by atoms with van der Waals surface area (Å²) >= 11 is 0. The van der Waals surface area contributed by atoms with E-state index in [9.17, 15) is 33.9 Å². The van der Waals surface area contributed by atoms with E-state index in [0.717, 1.165) is 63.1 Å². The standard InChI is InChI=1S/C42H55N5O9/c1-24-20-26-9-8-25(2)30(11-10-29-22-28(48)23-36(50)55-29)37(26)34(21-24)56-42(54)43-16-3-4-17-46-18-14-27(15-19-46)44-32-7-5-6-31-38(32)41(53)47(40(31)52)33-12-13-35(49)45-39(33)51/h5-9,20,24-25,27-30,33-34,37,44,48H,3-4,10-19,21-23H2,1-2H3,(H,43,54)(H,45,49,51)/t24-,25-,28+,29+,30-,33?,34-,37-/m0/s1. The maximum atomic E-state index is 13.5. The SMILES string of the molecule is C[C@H]1C=C2C=C[C@H](C)[C@H](CC[C@@H]3C[C@@H](O)CC(=O)O3)[C@H]2[C@@H](OC(=O)NCCCCN2CCC(Nc3cccc4c3C(=O)N(C3CCC(=O)NC3=O)C4=O)CC2)C1. The summed E-state index contributed by atoms with van der Waals surface area (Å²) in [5.74, 6) is -1.55. The molecule has 0 aromatic heterocycles. The van der Waals surface area contributed by atoms with Gasteiger partial charge < -0.3 is 30.1 Å². The number of cyclic esters (lactones) is 1. The van der Waals surface area contributed by atoms with Gasteiger partial charge in [0.25, 0.3) is 11.8 Å². The Kier molecular flexibility index (Phi) is 12.2. The Morgan fingerprint density at radius 3 is 2.59 bits per heavy atom. The third-order valence-corrected chi connectivity index (χ3v) is 12.5. The normalized spacial score (nSPS) is 30.9. The van der Waals surface area contributed by atoms with Crippen molar-refractivity contribution in [1.29, 1.82) is 0 Å². The van der Waals surface area contributed by atoms with Crippen LogP contribution in [0.1, 0.15) is 105 Å². The Balaban J connectivity index is 0.833. The summed E-state index contributed by atoms with van der Waals surface area (Å²) in [6.45, 7) is 7.49. The molecule has 14 nitrogen and oxygen atoms in total. The minimum absolute atomic E-state index is 0.0547. The molecular formula is C42H55N5O9. The quantitative estimate of drug-likeness (QED) is 0.136. The van der Waals surface area contributed by atoms with Crippen LogP contribution < -0.4 is 16.0 Å². The second kappa shape index (κ2) is 17.3. The number of aliphatic hydroxyl groups excluding tert-OH is 1. The van der Waals surface area contributed by atoms with E-state index in [4.69, 9.17) is 9.47 Å². The van der Waals surface area contributed by atoms with Gasteiger partial charge in [0.2, 0.25) is 11.8 Å². The van der Waals surface area contributed by atoms with Crippen molar-refractivity contribution in [2.75, 3.05) is 31.5 Å². The molecule has 4 N–H and O–H groups in total. The lowest BCUT2D eigenvalue weighted by molar-refractivity contribution is -0.160. The second-order valence-corrected chi connectivity index (χ2v) is 16.6. The molecule has 1 aromatic carbocycles. The number of ether oxygens (including phenoxy) is 2. The van der Waals surface area contributed by atoms with E-state index in [0.29, 0.717) is 25.1 Å². The molecule has 1 unspecified atom stereocenters. The number of aliphatic hydroxyl groups is 1. The van der Waals surface area contributed by atoms with Gasteiger partial charge in [-0.1, -0.05) is 38.1 Å². The van der Waals surface area contributed by atoms with Gasteiger partial charge in [-0.2, -0.15) is 0 Å². The molecule has 4 aliphatic heterocycles. The number of piperidine rings is 2. The summed E-state index contributed by atoms with van der Waals surface area (Å²) in [4.78, 5) is 79.2. The molecule has 56 heavy (non-hydrogen) atoms. The minimum atomic E-state index is -1.00. The Hall–Kier alpha value is -4.56. The van der Waals surface area contributed by atoms with Gasteiger partial charge in [0, 0.05) is 50.1 Å². The van der Waals surface area contributed by atoms with Crippen LogP contribution in [0.25, 0.3) is 0 Å². The maximum absolute atomic E-state index is 13.5. The van der Waals surface area contributed by atoms with Gasteiger partial charge in [0.05, 0.1) is 23.7 Å². The lowest BCUT2D eigenvalue weighted by Crippen LogP contribution is -2.54. The number of alkyl carbamates (subject to hydrolysis) is 1. The first-order valence-electron chi connectivity index (χ1n) is 20.5. The first-order chi connectivity index (χ1) is 26.9. The van der Waals surface area contributed by atoms with Crippen molar-refractivity contribution in [1.82, 2.24) is 20.4 Å². The van der Waals surface area contributed by atoms with Crippen molar-refractivity contribution in [2.45, 2.75) is 115 Å². The van der Waals surface area contributed by atoms with Gasteiger partial charge in [-0.15, -0.1) is 0 Å². The molecule has 302 valence electrons. The van der Waals surface area contributed by atoms with Crippen LogP contribution in [0.3, 0.4) is 0 Å². The number of benzene rings is 1. The summed E-state index contributed by atoms with van der Waals surface area (Å²) in [6, 6.07) is 4.24. The van der Waals surface area contributed by atoms with Crippen molar-refractivity contribution < 1.29 is 43.3 Å². The fourth-order valence-electron chi connectivity index (χ4n) is 9.62. The average molecular weight is 774 g/mol. The number of allylic oxidation sites excluding steroid dienone is 3. The highest BCUT2D eigenvalue weighted by Gasteiger charge is 2.46. The number of amides is 5. The Morgan fingerprint density at radius 1 is 1.02 bits per heavy atom. The number of imide groups is 2. The molecule has 0 bridgehead atoms. The summed E-state index contributed by atoms with van der Waals surface area (Å²) in [6.07, 6.45) is 11.5. The van der Waals surface area contributed by atoms with Gasteiger partial charge in [-0.25, -0.2) is 4.79 Å². The van der Waals surface area contributed by atoms with E-state index >= 15 is 0 Å². The number of rotatable bonds is 12. The zero-order chi connectivity index (χ0) is 39.5. The topological polar surface area (TPSA) is 184 Å². The maximum Gasteiger partial charge on any atom is 0.407 e. The van der Waals surface area contributed by atoms with E-state index in [1.165, 1.54) is 5.57 Å². The zero-order valence-corrected chi connectivity index (χ0v) is 32.4. The molecule has 0 saturated carbocycles. The molecular weight excluding hydrogens is 718 g/mol. The third kappa shape index (κ3) is 8.86. The lowest BCUT2D eigenvalue weighted by Gasteiger charge is -2.43. The van der Waals surface area contributed by atoms with Crippen molar-refractivity contribution in [3.05, 3.63) is 53.1 Å². The number of hydrogen-bond donors (Lipinski definition) is 4. The molecule has 8 atom stereocenters. The fraction of sp³-hybridized carbons (Fsp3) is 0.619.